The van der Waals surface area contributed by atoms with Gasteiger partial charge in [-0.1, -0.05) is 47.5 Å². The molecule has 2 unspecified atom stereocenters. The maximum absolute atomic E-state index is 6.14. The first-order valence-electron chi connectivity index (χ1n) is 6.98. The third kappa shape index (κ3) is 3.01. The van der Waals surface area contributed by atoms with Crippen molar-refractivity contribution in [2.24, 2.45) is 0 Å². The first kappa shape index (κ1) is 13.9. The molecule has 1 aliphatic rings. The average molecular weight is 306 g/mol. The third-order valence-electron chi connectivity index (χ3n) is 3.96. The highest BCUT2D eigenvalue weighted by molar-refractivity contribution is 6.30. The Balaban J connectivity index is 1.93. The maximum atomic E-state index is 6.14. The lowest BCUT2D eigenvalue weighted by Crippen LogP contribution is -2.33. The number of hydrogen-bond acceptors (Lipinski definition) is 1. The van der Waals surface area contributed by atoms with Gasteiger partial charge in [-0.3, -0.25) is 0 Å². The van der Waals surface area contributed by atoms with E-state index in [4.69, 9.17) is 23.2 Å². The van der Waals surface area contributed by atoms with E-state index in [2.05, 4.69) is 29.6 Å². The Kier molecular flexibility index (Phi) is 4.30. The molecule has 2 atom stereocenters. The Labute approximate surface area is 129 Å². The predicted octanol–water partition coefficient (Wildman–Crippen LogP) is 5.20. The van der Waals surface area contributed by atoms with Crippen molar-refractivity contribution in [1.29, 1.82) is 0 Å². The molecule has 1 nitrogen and oxygen atoms in total. The molecule has 104 valence electrons. The van der Waals surface area contributed by atoms with Crippen LogP contribution in [0.4, 0.5) is 0 Å². The summed E-state index contributed by atoms with van der Waals surface area (Å²) in [6.07, 6.45) is 2.38. The minimum Gasteiger partial charge on any atom is -0.309 e. The van der Waals surface area contributed by atoms with Crippen molar-refractivity contribution < 1.29 is 0 Å². The van der Waals surface area contributed by atoms with Gasteiger partial charge in [0.15, 0.2) is 0 Å². The van der Waals surface area contributed by atoms with Gasteiger partial charge in [-0.25, -0.2) is 0 Å². The molecular weight excluding hydrogens is 289 g/mol. The van der Waals surface area contributed by atoms with Gasteiger partial charge in [-0.05, 0) is 54.8 Å². The summed E-state index contributed by atoms with van der Waals surface area (Å²) in [5.74, 6) is 0.462. The summed E-state index contributed by atoms with van der Waals surface area (Å²) in [6, 6.07) is 16.7. The Morgan fingerprint density at radius 3 is 2.45 bits per heavy atom. The van der Waals surface area contributed by atoms with E-state index in [0.717, 1.165) is 16.6 Å². The fourth-order valence-corrected chi connectivity index (χ4v) is 3.33. The van der Waals surface area contributed by atoms with E-state index in [9.17, 15) is 0 Å². The Morgan fingerprint density at radius 1 is 0.900 bits per heavy atom. The van der Waals surface area contributed by atoms with Gasteiger partial charge >= 0.3 is 0 Å². The van der Waals surface area contributed by atoms with Gasteiger partial charge in [0.1, 0.15) is 0 Å². The van der Waals surface area contributed by atoms with E-state index >= 15 is 0 Å². The molecular formula is C17H17Cl2N. The van der Waals surface area contributed by atoms with Gasteiger partial charge in [0.25, 0.3) is 0 Å². The summed E-state index contributed by atoms with van der Waals surface area (Å²) in [6.45, 7) is 1.06. The molecule has 2 aromatic rings. The number of rotatable bonds is 2. The fourth-order valence-electron chi connectivity index (χ4n) is 3.01. The van der Waals surface area contributed by atoms with Crippen LogP contribution >= 0.6 is 23.2 Å². The number of halogens is 2. The molecule has 0 amide bonds. The Bertz CT molecular complexity index is 580. The first-order chi connectivity index (χ1) is 9.74. The smallest absolute Gasteiger partial charge is 0.0408 e. The molecule has 0 radical (unpaired) electrons. The van der Waals surface area contributed by atoms with Gasteiger partial charge in [0.2, 0.25) is 0 Å². The molecule has 0 saturated carbocycles. The third-order valence-corrected chi connectivity index (χ3v) is 4.45. The van der Waals surface area contributed by atoms with E-state index < -0.39 is 0 Å². The minimum absolute atomic E-state index is 0.333. The zero-order valence-corrected chi connectivity index (χ0v) is 12.7. The van der Waals surface area contributed by atoms with Crippen molar-refractivity contribution in [3.63, 3.8) is 0 Å². The summed E-state index contributed by atoms with van der Waals surface area (Å²) in [5, 5.41) is 5.23. The second-order valence-electron chi connectivity index (χ2n) is 5.29. The van der Waals surface area contributed by atoms with Gasteiger partial charge in [0, 0.05) is 22.0 Å². The van der Waals surface area contributed by atoms with Crippen LogP contribution < -0.4 is 5.32 Å². The molecule has 1 N–H and O–H groups in total. The standard InChI is InChI=1S/C17H17Cl2N/c18-14-8-6-12(7-9-14)17-16(5-2-10-20-17)13-3-1-4-15(19)11-13/h1,3-4,6-9,11,16-17,20H,2,5,10H2. The highest BCUT2D eigenvalue weighted by Gasteiger charge is 2.27. The van der Waals surface area contributed by atoms with E-state index in [1.165, 1.54) is 24.0 Å². The van der Waals surface area contributed by atoms with Crippen molar-refractivity contribution in [2.75, 3.05) is 6.54 Å². The van der Waals surface area contributed by atoms with Crippen LogP contribution in [0.15, 0.2) is 48.5 Å². The second-order valence-corrected chi connectivity index (χ2v) is 6.16. The van der Waals surface area contributed by atoms with Crippen LogP contribution in [0.2, 0.25) is 10.0 Å². The summed E-state index contributed by atoms with van der Waals surface area (Å²) < 4.78 is 0. The van der Waals surface area contributed by atoms with Crippen LogP contribution in [0.5, 0.6) is 0 Å². The van der Waals surface area contributed by atoms with Crippen LogP contribution in [0, 0.1) is 0 Å². The molecule has 0 aliphatic carbocycles. The van der Waals surface area contributed by atoms with Gasteiger partial charge in [0.05, 0.1) is 0 Å². The van der Waals surface area contributed by atoms with E-state index in [0.29, 0.717) is 12.0 Å². The molecule has 0 bridgehead atoms. The lowest BCUT2D eigenvalue weighted by Gasteiger charge is -2.33. The summed E-state index contributed by atoms with van der Waals surface area (Å²) in [7, 11) is 0. The van der Waals surface area contributed by atoms with Crippen molar-refractivity contribution in [2.45, 2.75) is 24.8 Å². The molecule has 0 aromatic heterocycles. The average Bonchev–Trinajstić information content (AvgIpc) is 2.48. The number of nitrogens with one attached hydrogen (secondary N) is 1. The molecule has 1 aliphatic heterocycles. The highest BCUT2D eigenvalue weighted by atomic mass is 35.5. The fraction of sp³-hybridized carbons (Fsp3) is 0.294. The molecule has 0 spiro atoms. The monoisotopic (exact) mass is 305 g/mol. The van der Waals surface area contributed by atoms with Gasteiger partial charge in [-0.2, -0.15) is 0 Å². The summed E-state index contributed by atoms with van der Waals surface area (Å²) in [4.78, 5) is 0. The Hall–Kier alpha value is -1.02. The molecule has 3 rings (SSSR count). The van der Waals surface area contributed by atoms with Crippen LogP contribution in [0.25, 0.3) is 0 Å². The van der Waals surface area contributed by atoms with Crippen molar-refractivity contribution >= 4 is 23.2 Å². The summed E-state index contributed by atoms with van der Waals surface area (Å²) in [5.41, 5.74) is 2.60. The highest BCUT2D eigenvalue weighted by Crippen LogP contribution is 2.38. The SMILES string of the molecule is Clc1ccc(C2NCCCC2c2cccc(Cl)c2)cc1. The van der Waals surface area contributed by atoms with E-state index in [1.54, 1.807) is 0 Å². The van der Waals surface area contributed by atoms with Crippen LogP contribution in [-0.2, 0) is 0 Å². The number of benzene rings is 2. The summed E-state index contributed by atoms with van der Waals surface area (Å²) >= 11 is 12.1. The van der Waals surface area contributed by atoms with Crippen molar-refractivity contribution in [3.8, 4) is 0 Å². The lowest BCUT2D eigenvalue weighted by molar-refractivity contribution is 0.358. The number of piperidine rings is 1. The topological polar surface area (TPSA) is 12.0 Å². The number of hydrogen-bond donors (Lipinski definition) is 1. The first-order valence-corrected chi connectivity index (χ1v) is 7.74. The quantitative estimate of drug-likeness (QED) is 0.804. The molecule has 3 heteroatoms. The van der Waals surface area contributed by atoms with Crippen LogP contribution in [0.1, 0.15) is 35.9 Å². The zero-order chi connectivity index (χ0) is 13.9. The zero-order valence-electron chi connectivity index (χ0n) is 11.2. The normalized spacial score (nSPS) is 22.7. The second kappa shape index (κ2) is 6.17. The maximum Gasteiger partial charge on any atom is 0.0408 e. The molecule has 1 saturated heterocycles. The molecule has 1 fully saturated rings. The van der Waals surface area contributed by atoms with E-state index in [-0.39, 0.29) is 0 Å². The predicted molar refractivity (Wildman–Crippen MR) is 85.6 cm³/mol. The van der Waals surface area contributed by atoms with Crippen molar-refractivity contribution in [1.82, 2.24) is 5.32 Å². The molecule has 20 heavy (non-hydrogen) atoms. The van der Waals surface area contributed by atoms with Crippen LogP contribution in [0.3, 0.4) is 0 Å². The molecule has 1 heterocycles. The van der Waals surface area contributed by atoms with Crippen molar-refractivity contribution in [3.05, 3.63) is 69.7 Å². The van der Waals surface area contributed by atoms with Gasteiger partial charge in [-0.15, -0.1) is 0 Å². The Morgan fingerprint density at radius 2 is 1.70 bits per heavy atom. The largest absolute Gasteiger partial charge is 0.309 e. The lowest BCUT2D eigenvalue weighted by atomic mass is 9.81. The van der Waals surface area contributed by atoms with Crippen LogP contribution in [-0.4, -0.2) is 6.54 Å². The molecule has 2 aromatic carbocycles. The van der Waals surface area contributed by atoms with Gasteiger partial charge < -0.3 is 5.32 Å². The van der Waals surface area contributed by atoms with E-state index in [1.807, 2.05) is 24.3 Å². The minimum atomic E-state index is 0.333.